The fraction of sp³-hybridized carbons (Fsp3) is 0.444. The second-order valence-electron chi connectivity index (χ2n) is 9.29. The molecule has 3 atom stereocenters. The van der Waals surface area contributed by atoms with Crippen molar-refractivity contribution in [3.05, 3.63) is 59.7 Å². The molecule has 1 fully saturated rings. The Morgan fingerprint density at radius 1 is 1.03 bits per heavy atom. The van der Waals surface area contributed by atoms with Crippen molar-refractivity contribution in [2.24, 2.45) is 5.92 Å². The van der Waals surface area contributed by atoms with Crippen molar-refractivity contribution in [2.75, 3.05) is 20.3 Å². The van der Waals surface area contributed by atoms with E-state index in [0.29, 0.717) is 19.4 Å². The predicted molar refractivity (Wildman–Crippen MR) is 130 cm³/mol. The third-order valence-electron chi connectivity index (χ3n) is 6.91. The molecule has 2 aromatic rings. The molecular weight excluding hydrogens is 448 g/mol. The Balaban J connectivity index is 1.34. The summed E-state index contributed by atoms with van der Waals surface area (Å²) >= 11 is 0. The average Bonchev–Trinajstić information content (AvgIpc) is 3.41. The second kappa shape index (κ2) is 11.4. The van der Waals surface area contributed by atoms with Gasteiger partial charge in [-0.25, -0.2) is 4.79 Å². The van der Waals surface area contributed by atoms with Gasteiger partial charge in [-0.05, 0) is 47.4 Å². The first-order chi connectivity index (χ1) is 17.0. The molecule has 186 valence electrons. The number of methoxy groups -OCH3 is 1. The molecule has 0 bridgehead atoms. The molecule has 8 heteroatoms. The molecule has 35 heavy (non-hydrogen) atoms. The largest absolute Gasteiger partial charge is 0.481 e. The van der Waals surface area contributed by atoms with Crippen molar-refractivity contribution in [3.63, 3.8) is 0 Å². The van der Waals surface area contributed by atoms with E-state index < -0.39 is 18.1 Å². The standard InChI is InChI=1S/C27H32N2O6/c1-34-13-12-24(26(32)28-18-11-10-17(14-18)15-25(30)31)29-27(33)35-16-23-21-8-4-2-6-19(21)20-7-3-5-9-22(20)23/h2-9,17-18,23-24H,10-16H2,1H3,(H,28,32)(H,29,33)(H,30,31). The minimum absolute atomic E-state index is 0.0605. The van der Waals surface area contributed by atoms with Gasteiger partial charge in [-0.15, -0.1) is 0 Å². The Kier molecular flexibility index (Phi) is 8.02. The SMILES string of the molecule is COCCC(NC(=O)OCC1c2ccccc2-c2ccccc21)C(=O)NC1CCC(CC(=O)O)C1. The summed E-state index contributed by atoms with van der Waals surface area (Å²) in [6, 6.07) is 15.3. The van der Waals surface area contributed by atoms with Crippen LogP contribution in [0.1, 0.15) is 49.1 Å². The minimum atomic E-state index is -0.822. The normalized spacial score (nSPS) is 19.5. The first-order valence-electron chi connectivity index (χ1n) is 12.1. The van der Waals surface area contributed by atoms with Gasteiger partial charge in [0, 0.05) is 38.5 Å². The zero-order valence-electron chi connectivity index (χ0n) is 19.9. The van der Waals surface area contributed by atoms with Crippen LogP contribution in [0.25, 0.3) is 11.1 Å². The van der Waals surface area contributed by atoms with Crippen LogP contribution in [-0.4, -0.2) is 55.5 Å². The highest BCUT2D eigenvalue weighted by molar-refractivity contribution is 5.86. The maximum absolute atomic E-state index is 12.9. The fourth-order valence-corrected chi connectivity index (χ4v) is 5.23. The number of ether oxygens (including phenoxy) is 2. The van der Waals surface area contributed by atoms with Gasteiger partial charge in [0.25, 0.3) is 0 Å². The smallest absolute Gasteiger partial charge is 0.407 e. The van der Waals surface area contributed by atoms with Gasteiger partial charge in [-0.3, -0.25) is 9.59 Å². The Hall–Kier alpha value is -3.39. The molecule has 8 nitrogen and oxygen atoms in total. The Labute approximate surface area is 205 Å². The molecule has 1 saturated carbocycles. The molecule has 2 aromatic carbocycles. The van der Waals surface area contributed by atoms with E-state index in [0.717, 1.165) is 35.1 Å². The van der Waals surface area contributed by atoms with E-state index in [1.54, 1.807) is 0 Å². The number of hydrogen-bond donors (Lipinski definition) is 3. The lowest BCUT2D eigenvalue weighted by molar-refractivity contribution is -0.138. The molecule has 2 amide bonds. The van der Waals surface area contributed by atoms with Gasteiger partial charge < -0.3 is 25.2 Å². The summed E-state index contributed by atoms with van der Waals surface area (Å²) in [6.45, 7) is 0.464. The molecule has 0 aromatic heterocycles. The van der Waals surface area contributed by atoms with Crippen molar-refractivity contribution in [2.45, 2.75) is 50.1 Å². The van der Waals surface area contributed by atoms with E-state index in [2.05, 4.69) is 34.9 Å². The zero-order valence-corrected chi connectivity index (χ0v) is 19.9. The molecule has 2 aliphatic carbocycles. The number of fused-ring (bicyclic) bond motifs is 3. The lowest BCUT2D eigenvalue weighted by atomic mass is 9.98. The van der Waals surface area contributed by atoms with E-state index in [1.165, 1.54) is 7.11 Å². The van der Waals surface area contributed by atoms with E-state index in [4.69, 9.17) is 14.6 Å². The molecule has 4 rings (SSSR count). The topological polar surface area (TPSA) is 114 Å². The number of carboxylic acid groups (broad SMARTS) is 1. The third kappa shape index (κ3) is 6.00. The van der Waals surface area contributed by atoms with Crippen LogP contribution in [-0.2, 0) is 19.1 Å². The fourth-order valence-electron chi connectivity index (χ4n) is 5.23. The second-order valence-corrected chi connectivity index (χ2v) is 9.29. The van der Waals surface area contributed by atoms with Crippen molar-refractivity contribution < 1.29 is 29.0 Å². The highest BCUT2D eigenvalue weighted by Crippen LogP contribution is 2.44. The number of nitrogens with one attached hydrogen (secondary N) is 2. The van der Waals surface area contributed by atoms with E-state index in [-0.39, 0.29) is 36.8 Å². The zero-order chi connectivity index (χ0) is 24.8. The molecular formula is C27H32N2O6. The quantitative estimate of drug-likeness (QED) is 0.478. The van der Waals surface area contributed by atoms with Crippen LogP contribution >= 0.6 is 0 Å². The van der Waals surface area contributed by atoms with Crippen LogP contribution in [0.2, 0.25) is 0 Å². The molecule has 0 spiro atoms. The van der Waals surface area contributed by atoms with Crippen LogP contribution < -0.4 is 10.6 Å². The van der Waals surface area contributed by atoms with Gasteiger partial charge in [0.05, 0.1) is 0 Å². The Morgan fingerprint density at radius 2 is 1.69 bits per heavy atom. The summed E-state index contributed by atoms with van der Waals surface area (Å²) in [5.74, 6) is -1.14. The van der Waals surface area contributed by atoms with Gasteiger partial charge >= 0.3 is 12.1 Å². The van der Waals surface area contributed by atoms with Crippen molar-refractivity contribution in [1.82, 2.24) is 10.6 Å². The van der Waals surface area contributed by atoms with Gasteiger partial charge in [0.1, 0.15) is 12.6 Å². The Bertz CT molecular complexity index is 1030. The molecule has 2 aliphatic rings. The summed E-state index contributed by atoms with van der Waals surface area (Å²) in [5, 5.41) is 14.7. The number of alkyl carbamates (subject to hydrolysis) is 1. The summed E-state index contributed by atoms with van der Waals surface area (Å²) in [7, 11) is 1.54. The van der Waals surface area contributed by atoms with Crippen LogP contribution in [0.4, 0.5) is 4.79 Å². The van der Waals surface area contributed by atoms with Crippen LogP contribution in [0.3, 0.4) is 0 Å². The highest BCUT2D eigenvalue weighted by Gasteiger charge is 2.32. The number of carbonyl (C=O) groups excluding carboxylic acids is 2. The van der Waals surface area contributed by atoms with Gasteiger partial charge in [-0.2, -0.15) is 0 Å². The maximum atomic E-state index is 12.9. The third-order valence-corrected chi connectivity index (χ3v) is 6.91. The average molecular weight is 481 g/mol. The summed E-state index contributed by atoms with van der Waals surface area (Å²) < 4.78 is 10.7. The van der Waals surface area contributed by atoms with E-state index >= 15 is 0 Å². The number of carboxylic acids is 1. The van der Waals surface area contributed by atoms with Crippen LogP contribution in [0.5, 0.6) is 0 Å². The van der Waals surface area contributed by atoms with Gasteiger partial charge in [0.15, 0.2) is 0 Å². The van der Waals surface area contributed by atoms with Crippen LogP contribution in [0.15, 0.2) is 48.5 Å². The Morgan fingerprint density at radius 3 is 2.31 bits per heavy atom. The molecule has 0 aliphatic heterocycles. The number of hydrogen-bond acceptors (Lipinski definition) is 5. The molecule has 0 radical (unpaired) electrons. The van der Waals surface area contributed by atoms with Crippen LogP contribution in [0, 0.1) is 5.92 Å². The van der Waals surface area contributed by atoms with E-state index in [9.17, 15) is 14.4 Å². The number of amides is 2. The van der Waals surface area contributed by atoms with Gasteiger partial charge in [0.2, 0.25) is 5.91 Å². The lowest BCUT2D eigenvalue weighted by Crippen LogP contribution is -2.50. The van der Waals surface area contributed by atoms with Crippen molar-refractivity contribution in [3.8, 4) is 11.1 Å². The highest BCUT2D eigenvalue weighted by atomic mass is 16.5. The number of aliphatic carboxylic acids is 1. The maximum Gasteiger partial charge on any atom is 0.407 e. The predicted octanol–water partition coefficient (Wildman–Crippen LogP) is 3.69. The molecule has 3 unspecified atom stereocenters. The van der Waals surface area contributed by atoms with Crippen molar-refractivity contribution >= 4 is 18.0 Å². The monoisotopic (exact) mass is 480 g/mol. The first kappa shape index (κ1) is 24.7. The summed E-state index contributed by atoms with van der Waals surface area (Å²) in [5.41, 5.74) is 4.53. The molecule has 0 saturated heterocycles. The molecule has 0 heterocycles. The number of rotatable bonds is 10. The van der Waals surface area contributed by atoms with E-state index in [1.807, 2.05) is 24.3 Å². The molecule has 3 N–H and O–H groups in total. The first-order valence-corrected chi connectivity index (χ1v) is 12.1. The number of benzene rings is 2. The summed E-state index contributed by atoms with van der Waals surface area (Å²) in [6.07, 6.45) is 1.87. The van der Waals surface area contributed by atoms with Crippen molar-refractivity contribution in [1.29, 1.82) is 0 Å². The van der Waals surface area contributed by atoms with Gasteiger partial charge in [-0.1, -0.05) is 48.5 Å². The minimum Gasteiger partial charge on any atom is -0.481 e. The lowest BCUT2D eigenvalue weighted by Gasteiger charge is -2.21. The number of carbonyl (C=O) groups is 3. The summed E-state index contributed by atoms with van der Waals surface area (Å²) in [4.78, 5) is 36.6.